The molecule has 1 saturated carbocycles. The Balaban J connectivity index is 2.25. The van der Waals surface area contributed by atoms with Gasteiger partial charge in [0.2, 0.25) is 0 Å². The molecule has 1 rings (SSSR count). The van der Waals surface area contributed by atoms with Gasteiger partial charge in [-0.1, -0.05) is 39.5 Å². The highest BCUT2D eigenvalue weighted by Crippen LogP contribution is 2.34. The number of aliphatic hydroxyl groups is 1. The summed E-state index contributed by atoms with van der Waals surface area (Å²) < 4.78 is 0. The summed E-state index contributed by atoms with van der Waals surface area (Å²) in [6.45, 7) is 4.47. The van der Waals surface area contributed by atoms with Gasteiger partial charge in [0.15, 0.2) is 0 Å². The quantitative estimate of drug-likeness (QED) is 0.687. The Morgan fingerprint density at radius 2 is 2.17 bits per heavy atom. The second-order valence-corrected chi connectivity index (χ2v) is 4.28. The van der Waals surface area contributed by atoms with Gasteiger partial charge in [-0.2, -0.15) is 0 Å². The predicted molar refractivity (Wildman–Crippen MR) is 52.0 cm³/mol. The van der Waals surface area contributed by atoms with Crippen molar-refractivity contribution in [2.75, 3.05) is 0 Å². The van der Waals surface area contributed by atoms with E-state index in [0.29, 0.717) is 5.92 Å². The van der Waals surface area contributed by atoms with Gasteiger partial charge in [0.05, 0.1) is 6.10 Å². The van der Waals surface area contributed by atoms with E-state index >= 15 is 0 Å². The zero-order valence-electron chi connectivity index (χ0n) is 8.42. The van der Waals surface area contributed by atoms with Gasteiger partial charge in [-0.15, -0.1) is 0 Å². The van der Waals surface area contributed by atoms with Crippen LogP contribution in [0.2, 0.25) is 0 Å². The van der Waals surface area contributed by atoms with Crippen molar-refractivity contribution in [1.82, 2.24) is 0 Å². The first-order valence-corrected chi connectivity index (χ1v) is 5.43. The Morgan fingerprint density at radius 3 is 2.67 bits per heavy atom. The fraction of sp³-hybridized carbons (Fsp3) is 1.00. The van der Waals surface area contributed by atoms with Crippen molar-refractivity contribution in [1.29, 1.82) is 0 Å². The molecule has 1 heteroatoms. The number of aliphatic hydroxyl groups excluding tert-OH is 1. The second-order valence-electron chi connectivity index (χ2n) is 4.28. The minimum Gasteiger partial charge on any atom is -0.393 e. The average molecular weight is 170 g/mol. The highest BCUT2D eigenvalue weighted by molar-refractivity contribution is 4.79. The standard InChI is InChI=1S/C11H22O/c1-3-4-8-11(12)10-7-5-6-9(10)2/h9-12H,3-8H2,1-2H3/t9-,10-,11?/m0/s1. The molecule has 0 amide bonds. The summed E-state index contributed by atoms with van der Waals surface area (Å²) in [7, 11) is 0. The molecule has 12 heavy (non-hydrogen) atoms. The van der Waals surface area contributed by atoms with Crippen LogP contribution in [0, 0.1) is 11.8 Å². The maximum absolute atomic E-state index is 9.85. The maximum atomic E-state index is 9.85. The lowest BCUT2D eigenvalue weighted by atomic mass is 9.89. The molecule has 0 aromatic heterocycles. The summed E-state index contributed by atoms with van der Waals surface area (Å²) in [5.41, 5.74) is 0. The van der Waals surface area contributed by atoms with E-state index in [-0.39, 0.29) is 6.10 Å². The fourth-order valence-electron chi connectivity index (χ4n) is 2.37. The Labute approximate surface area is 76.2 Å². The highest BCUT2D eigenvalue weighted by Gasteiger charge is 2.28. The molecule has 1 nitrogen and oxygen atoms in total. The number of hydrogen-bond donors (Lipinski definition) is 1. The van der Waals surface area contributed by atoms with Crippen molar-refractivity contribution >= 4 is 0 Å². The Hall–Kier alpha value is -0.0400. The molecule has 0 aliphatic heterocycles. The lowest BCUT2D eigenvalue weighted by Gasteiger charge is -2.21. The zero-order chi connectivity index (χ0) is 8.97. The van der Waals surface area contributed by atoms with E-state index in [2.05, 4.69) is 13.8 Å². The molecular weight excluding hydrogens is 148 g/mol. The van der Waals surface area contributed by atoms with Crippen LogP contribution in [0.3, 0.4) is 0 Å². The van der Waals surface area contributed by atoms with Crippen LogP contribution in [0.1, 0.15) is 52.4 Å². The third-order valence-electron chi connectivity index (χ3n) is 3.28. The first kappa shape index (κ1) is 10.0. The molecule has 3 atom stereocenters. The molecule has 1 aliphatic rings. The van der Waals surface area contributed by atoms with Crippen molar-refractivity contribution in [3.05, 3.63) is 0 Å². The van der Waals surface area contributed by atoms with E-state index in [1.165, 1.54) is 32.1 Å². The summed E-state index contributed by atoms with van der Waals surface area (Å²) in [6, 6.07) is 0. The highest BCUT2D eigenvalue weighted by atomic mass is 16.3. The van der Waals surface area contributed by atoms with Gasteiger partial charge in [-0.05, 0) is 24.7 Å². The van der Waals surface area contributed by atoms with Crippen LogP contribution in [0.15, 0.2) is 0 Å². The van der Waals surface area contributed by atoms with Crippen LogP contribution in [-0.2, 0) is 0 Å². The molecule has 0 aromatic carbocycles. The normalized spacial score (nSPS) is 32.2. The molecule has 0 saturated heterocycles. The first-order chi connectivity index (χ1) is 5.75. The Morgan fingerprint density at radius 1 is 1.42 bits per heavy atom. The maximum Gasteiger partial charge on any atom is 0.0570 e. The zero-order valence-corrected chi connectivity index (χ0v) is 8.42. The lowest BCUT2D eigenvalue weighted by molar-refractivity contribution is 0.0799. The average Bonchev–Trinajstić information content (AvgIpc) is 2.47. The third kappa shape index (κ3) is 2.48. The molecule has 1 fully saturated rings. The topological polar surface area (TPSA) is 20.2 Å². The number of rotatable bonds is 4. The molecule has 1 unspecified atom stereocenters. The van der Waals surface area contributed by atoms with Crippen molar-refractivity contribution in [3.8, 4) is 0 Å². The van der Waals surface area contributed by atoms with Crippen LogP contribution in [0.25, 0.3) is 0 Å². The number of hydrogen-bond acceptors (Lipinski definition) is 1. The molecule has 1 aliphatic carbocycles. The minimum atomic E-state index is -0.0116. The molecule has 0 bridgehead atoms. The SMILES string of the molecule is CCCCC(O)[C@H]1CCC[C@@H]1C. The summed E-state index contributed by atoms with van der Waals surface area (Å²) in [5, 5.41) is 9.85. The smallest absolute Gasteiger partial charge is 0.0570 e. The van der Waals surface area contributed by atoms with E-state index < -0.39 is 0 Å². The second kappa shape index (κ2) is 4.86. The summed E-state index contributed by atoms with van der Waals surface area (Å²) in [6.07, 6.45) is 7.31. The first-order valence-electron chi connectivity index (χ1n) is 5.43. The minimum absolute atomic E-state index is 0.0116. The molecule has 0 aromatic rings. The van der Waals surface area contributed by atoms with Gasteiger partial charge in [0, 0.05) is 0 Å². The lowest BCUT2D eigenvalue weighted by Crippen LogP contribution is -2.22. The van der Waals surface area contributed by atoms with Gasteiger partial charge >= 0.3 is 0 Å². The van der Waals surface area contributed by atoms with E-state index in [4.69, 9.17) is 0 Å². The number of unbranched alkanes of at least 4 members (excludes halogenated alkanes) is 1. The molecular formula is C11H22O. The molecule has 72 valence electrons. The van der Waals surface area contributed by atoms with Gasteiger partial charge in [-0.25, -0.2) is 0 Å². The van der Waals surface area contributed by atoms with Crippen LogP contribution < -0.4 is 0 Å². The fourth-order valence-corrected chi connectivity index (χ4v) is 2.37. The van der Waals surface area contributed by atoms with Crippen LogP contribution in [0.5, 0.6) is 0 Å². The Bertz CT molecular complexity index is 122. The summed E-state index contributed by atoms with van der Waals surface area (Å²) in [4.78, 5) is 0. The van der Waals surface area contributed by atoms with E-state index in [0.717, 1.165) is 12.3 Å². The van der Waals surface area contributed by atoms with Crippen LogP contribution >= 0.6 is 0 Å². The van der Waals surface area contributed by atoms with E-state index in [1.807, 2.05) is 0 Å². The largest absolute Gasteiger partial charge is 0.393 e. The van der Waals surface area contributed by atoms with Gasteiger partial charge < -0.3 is 5.11 Å². The molecule has 0 spiro atoms. The van der Waals surface area contributed by atoms with E-state index in [9.17, 15) is 5.11 Å². The monoisotopic (exact) mass is 170 g/mol. The summed E-state index contributed by atoms with van der Waals surface area (Å²) >= 11 is 0. The molecule has 1 N–H and O–H groups in total. The predicted octanol–water partition coefficient (Wildman–Crippen LogP) is 2.97. The van der Waals surface area contributed by atoms with Crippen molar-refractivity contribution in [2.24, 2.45) is 11.8 Å². The van der Waals surface area contributed by atoms with Crippen LogP contribution in [-0.4, -0.2) is 11.2 Å². The summed E-state index contributed by atoms with van der Waals surface area (Å²) in [5.74, 6) is 1.37. The Kier molecular flexibility index (Phi) is 4.07. The van der Waals surface area contributed by atoms with Crippen molar-refractivity contribution < 1.29 is 5.11 Å². The third-order valence-corrected chi connectivity index (χ3v) is 3.28. The van der Waals surface area contributed by atoms with Gasteiger partial charge in [0.25, 0.3) is 0 Å². The van der Waals surface area contributed by atoms with Crippen LogP contribution in [0.4, 0.5) is 0 Å². The van der Waals surface area contributed by atoms with Gasteiger partial charge in [-0.3, -0.25) is 0 Å². The molecule has 0 heterocycles. The van der Waals surface area contributed by atoms with Crippen molar-refractivity contribution in [3.63, 3.8) is 0 Å². The van der Waals surface area contributed by atoms with Crippen molar-refractivity contribution in [2.45, 2.75) is 58.5 Å². The van der Waals surface area contributed by atoms with E-state index in [1.54, 1.807) is 0 Å². The van der Waals surface area contributed by atoms with Gasteiger partial charge in [0.1, 0.15) is 0 Å². The molecule has 0 radical (unpaired) electrons.